The second kappa shape index (κ2) is 10.4. The van der Waals surface area contributed by atoms with E-state index in [2.05, 4.69) is 20.7 Å². The fourth-order valence-electron chi connectivity index (χ4n) is 3.10. The van der Waals surface area contributed by atoms with Gasteiger partial charge in [0, 0.05) is 17.3 Å². The highest BCUT2D eigenvalue weighted by Crippen LogP contribution is 2.23. The molecule has 0 aliphatic carbocycles. The number of aryl methyl sites for hydroxylation is 2. The smallest absolute Gasteiger partial charge is 0.319 e. The highest BCUT2D eigenvalue weighted by atomic mass is 32.2. The highest BCUT2D eigenvalue weighted by Gasteiger charge is 2.16. The van der Waals surface area contributed by atoms with E-state index in [1.165, 1.54) is 24.3 Å². The first-order valence-corrected chi connectivity index (χ1v) is 12.2. The molecule has 0 aromatic heterocycles. The summed E-state index contributed by atoms with van der Waals surface area (Å²) in [6.07, 6.45) is 0. The van der Waals surface area contributed by atoms with Crippen molar-refractivity contribution < 1.29 is 18.0 Å². The van der Waals surface area contributed by atoms with E-state index in [4.69, 9.17) is 0 Å². The molecular formula is C25H28N4O4S. The topological polar surface area (TPSA) is 116 Å². The summed E-state index contributed by atoms with van der Waals surface area (Å²) in [6.45, 7) is 7.46. The monoisotopic (exact) mass is 480 g/mol. The number of carbonyl (C=O) groups excluding carboxylic acids is 2. The van der Waals surface area contributed by atoms with E-state index in [1.807, 2.05) is 27.7 Å². The van der Waals surface area contributed by atoms with Gasteiger partial charge in [-0.1, -0.05) is 18.2 Å². The maximum Gasteiger partial charge on any atom is 0.319 e. The van der Waals surface area contributed by atoms with E-state index in [-0.39, 0.29) is 17.0 Å². The molecule has 0 saturated heterocycles. The minimum Gasteiger partial charge on any atom is -0.336 e. The molecule has 0 aliphatic rings. The van der Waals surface area contributed by atoms with Crippen LogP contribution in [0.5, 0.6) is 0 Å². The molecule has 0 fully saturated rings. The van der Waals surface area contributed by atoms with Crippen LogP contribution in [0.4, 0.5) is 21.9 Å². The van der Waals surface area contributed by atoms with Crippen LogP contribution in [0.15, 0.2) is 71.6 Å². The van der Waals surface area contributed by atoms with E-state index in [1.54, 1.807) is 42.5 Å². The van der Waals surface area contributed by atoms with Crippen molar-refractivity contribution in [3.05, 3.63) is 83.4 Å². The zero-order valence-electron chi connectivity index (χ0n) is 19.5. The number of urea groups is 1. The lowest BCUT2D eigenvalue weighted by Gasteiger charge is -2.14. The Morgan fingerprint density at radius 1 is 0.794 bits per heavy atom. The van der Waals surface area contributed by atoms with Crippen molar-refractivity contribution in [1.82, 2.24) is 5.32 Å². The van der Waals surface area contributed by atoms with Crippen molar-refractivity contribution in [2.75, 3.05) is 15.4 Å². The summed E-state index contributed by atoms with van der Waals surface area (Å²) in [5.74, 6) is -0.401. The largest absolute Gasteiger partial charge is 0.336 e. The Balaban J connectivity index is 1.70. The average molecular weight is 481 g/mol. The second-order valence-corrected chi connectivity index (χ2v) is 9.86. The van der Waals surface area contributed by atoms with Crippen LogP contribution in [0.25, 0.3) is 0 Å². The van der Waals surface area contributed by atoms with Gasteiger partial charge in [0.15, 0.2) is 0 Å². The molecule has 3 amide bonds. The van der Waals surface area contributed by atoms with Crippen molar-refractivity contribution >= 4 is 39.0 Å². The van der Waals surface area contributed by atoms with Gasteiger partial charge >= 0.3 is 6.03 Å². The van der Waals surface area contributed by atoms with E-state index < -0.39 is 15.9 Å². The summed E-state index contributed by atoms with van der Waals surface area (Å²) in [4.78, 5) is 24.9. The van der Waals surface area contributed by atoms with Crippen molar-refractivity contribution in [3.8, 4) is 0 Å². The average Bonchev–Trinajstić information content (AvgIpc) is 2.76. The maximum absolute atomic E-state index is 12.7. The van der Waals surface area contributed by atoms with Gasteiger partial charge in [-0.2, -0.15) is 0 Å². The molecule has 8 nitrogen and oxygen atoms in total. The molecule has 9 heteroatoms. The summed E-state index contributed by atoms with van der Waals surface area (Å²) < 4.78 is 27.9. The minimum absolute atomic E-state index is 0.0345. The molecular weight excluding hydrogens is 452 g/mol. The van der Waals surface area contributed by atoms with Gasteiger partial charge in [-0.25, -0.2) is 13.2 Å². The first-order chi connectivity index (χ1) is 16.0. The predicted molar refractivity (Wildman–Crippen MR) is 135 cm³/mol. The summed E-state index contributed by atoms with van der Waals surface area (Å²) >= 11 is 0. The summed E-state index contributed by atoms with van der Waals surface area (Å²) in [7, 11) is -3.76. The van der Waals surface area contributed by atoms with Crippen LogP contribution in [-0.4, -0.2) is 26.4 Å². The lowest BCUT2D eigenvalue weighted by atomic mass is 10.1. The molecule has 0 aliphatic heterocycles. The van der Waals surface area contributed by atoms with Crippen molar-refractivity contribution in [2.24, 2.45) is 0 Å². The lowest BCUT2D eigenvalue weighted by Crippen LogP contribution is -2.34. The quantitative estimate of drug-likeness (QED) is 0.385. The molecule has 0 heterocycles. The Morgan fingerprint density at radius 2 is 1.41 bits per heavy atom. The number of para-hydroxylation sites is 2. The van der Waals surface area contributed by atoms with Gasteiger partial charge in [0.2, 0.25) is 0 Å². The van der Waals surface area contributed by atoms with Crippen LogP contribution in [0.1, 0.15) is 35.3 Å². The van der Waals surface area contributed by atoms with Gasteiger partial charge in [-0.3, -0.25) is 9.52 Å². The van der Waals surface area contributed by atoms with Crippen LogP contribution < -0.4 is 20.7 Å². The molecule has 0 bridgehead atoms. The maximum atomic E-state index is 12.7. The fourth-order valence-corrected chi connectivity index (χ4v) is 4.24. The first kappa shape index (κ1) is 24.8. The van der Waals surface area contributed by atoms with Gasteiger partial charge in [-0.05, 0) is 87.4 Å². The molecule has 0 spiro atoms. The molecule has 178 valence electrons. The fraction of sp³-hybridized carbons (Fsp3) is 0.200. The third kappa shape index (κ3) is 6.35. The van der Waals surface area contributed by atoms with E-state index in [0.29, 0.717) is 22.6 Å². The zero-order chi connectivity index (χ0) is 24.9. The van der Waals surface area contributed by atoms with Crippen LogP contribution >= 0.6 is 0 Å². The number of nitrogens with one attached hydrogen (secondary N) is 4. The SMILES string of the molecule is Cc1ccc(S(=O)(=O)Nc2ccc(C(=O)Nc3ccccc3NC(=O)NC(C)C)cc2)cc1C. The van der Waals surface area contributed by atoms with E-state index >= 15 is 0 Å². The summed E-state index contributed by atoms with van der Waals surface area (Å²) in [6, 6.07) is 17.5. The van der Waals surface area contributed by atoms with Gasteiger partial charge in [0.25, 0.3) is 15.9 Å². The molecule has 0 saturated carbocycles. The normalized spacial score (nSPS) is 11.1. The Labute approximate surface area is 199 Å². The number of carbonyl (C=O) groups is 2. The standard InChI is InChI=1S/C25H28N4O4S/c1-16(2)26-25(31)28-23-8-6-5-7-22(23)27-24(30)19-10-12-20(13-11-19)29-34(32,33)21-14-9-17(3)18(4)15-21/h5-16,29H,1-4H3,(H,27,30)(H2,26,28,31). The minimum atomic E-state index is -3.76. The first-order valence-electron chi connectivity index (χ1n) is 10.7. The Bertz CT molecular complexity index is 1300. The van der Waals surface area contributed by atoms with E-state index in [9.17, 15) is 18.0 Å². The van der Waals surface area contributed by atoms with Gasteiger partial charge < -0.3 is 16.0 Å². The number of amides is 3. The molecule has 4 N–H and O–H groups in total. The molecule has 3 aromatic rings. The number of anilines is 3. The third-order valence-corrected chi connectivity index (χ3v) is 6.41. The molecule has 0 radical (unpaired) electrons. The van der Waals surface area contributed by atoms with Crippen LogP contribution in [-0.2, 0) is 10.0 Å². The van der Waals surface area contributed by atoms with Crippen molar-refractivity contribution in [2.45, 2.75) is 38.6 Å². The number of hydrogen-bond acceptors (Lipinski definition) is 4. The second-order valence-electron chi connectivity index (χ2n) is 8.18. The highest BCUT2D eigenvalue weighted by molar-refractivity contribution is 7.92. The summed E-state index contributed by atoms with van der Waals surface area (Å²) in [5.41, 5.74) is 3.44. The zero-order valence-corrected chi connectivity index (χ0v) is 20.3. The van der Waals surface area contributed by atoms with Crippen molar-refractivity contribution in [3.63, 3.8) is 0 Å². The number of sulfonamides is 1. The predicted octanol–water partition coefficient (Wildman–Crippen LogP) is 4.89. The Morgan fingerprint density at radius 3 is 2.00 bits per heavy atom. The van der Waals surface area contributed by atoms with Gasteiger partial charge in [0.05, 0.1) is 16.3 Å². The molecule has 3 rings (SSSR count). The van der Waals surface area contributed by atoms with Crippen LogP contribution in [0.3, 0.4) is 0 Å². The molecule has 34 heavy (non-hydrogen) atoms. The van der Waals surface area contributed by atoms with Gasteiger partial charge in [-0.15, -0.1) is 0 Å². The van der Waals surface area contributed by atoms with Crippen LogP contribution in [0, 0.1) is 13.8 Å². The van der Waals surface area contributed by atoms with Gasteiger partial charge in [0.1, 0.15) is 0 Å². The number of benzene rings is 3. The van der Waals surface area contributed by atoms with Crippen molar-refractivity contribution in [1.29, 1.82) is 0 Å². The third-order valence-electron chi connectivity index (χ3n) is 5.03. The number of rotatable bonds is 7. The summed E-state index contributed by atoms with van der Waals surface area (Å²) in [5, 5.41) is 8.21. The Hall–Kier alpha value is -3.85. The Kier molecular flexibility index (Phi) is 7.57. The lowest BCUT2D eigenvalue weighted by molar-refractivity contribution is 0.102. The molecule has 0 unspecified atom stereocenters. The molecule has 3 aromatic carbocycles. The number of hydrogen-bond donors (Lipinski definition) is 4. The molecule has 0 atom stereocenters. The van der Waals surface area contributed by atoms with E-state index in [0.717, 1.165) is 11.1 Å². The van der Waals surface area contributed by atoms with Crippen LogP contribution in [0.2, 0.25) is 0 Å².